The van der Waals surface area contributed by atoms with Crippen molar-refractivity contribution in [1.29, 1.82) is 0 Å². The lowest BCUT2D eigenvalue weighted by atomic mass is 10.2. The Hall–Kier alpha value is -1.66. The number of nitrogens with zero attached hydrogens (tertiary/aromatic N) is 2. The van der Waals surface area contributed by atoms with E-state index in [1.54, 1.807) is 11.1 Å². The Morgan fingerprint density at radius 3 is 3.00 bits per heavy atom. The number of hydrogen-bond acceptors (Lipinski definition) is 4. The summed E-state index contributed by atoms with van der Waals surface area (Å²) in [6, 6.07) is 3.54. The Bertz CT molecular complexity index is 445. The Balaban J connectivity index is 1.81. The third-order valence-electron chi connectivity index (χ3n) is 2.81. The molecule has 3 heterocycles. The van der Waals surface area contributed by atoms with Gasteiger partial charge in [-0.05, 0) is 19.1 Å². The van der Waals surface area contributed by atoms with Crippen molar-refractivity contribution >= 4 is 11.8 Å². The van der Waals surface area contributed by atoms with E-state index in [4.69, 9.17) is 9.47 Å². The summed E-state index contributed by atoms with van der Waals surface area (Å²) in [4.78, 5) is 17.3. The molecule has 0 atom stereocenters. The third kappa shape index (κ3) is 1.85. The highest BCUT2D eigenvalue weighted by atomic mass is 16.9. The second-order valence-corrected chi connectivity index (χ2v) is 4.00. The average molecular weight is 235 g/mol. The summed E-state index contributed by atoms with van der Waals surface area (Å²) in [5, 5.41) is 2.74. The van der Waals surface area contributed by atoms with Crippen molar-refractivity contribution in [3.63, 3.8) is 0 Å². The van der Waals surface area contributed by atoms with Gasteiger partial charge < -0.3 is 14.8 Å². The van der Waals surface area contributed by atoms with Gasteiger partial charge in [0, 0.05) is 24.8 Å². The first-order chi connectivity index (χ1) is 8.24. The van der Waals surface area contributed by atoms with Crippen molar-refractivity contribution in [1.82, 2.24) is 10.3 Å². The van der Waals surface area contributed by atoms with E-state index in [0.717, 1.165) is 5.56 Å². The molecule has 0 radical (unpaired) electrons. The SMILES string of the molecule is CC1OC(c2ccnc(N3CCNC3=O)c2)O1. The number of carbonyl (C=O) groups is 1. The Labute approximate surface area is 98.5 Å². The van der Waals surface area contributed by atoms with Gasteiger partial charge in [0.25, 0.3) is 0 Å². The number of hydrogen-bond donors (Lipinski definition) is 1. The minimum absolute atomic E-state index is 0.113. The van der Waals surface area contributed by atoms with Crippen LogP contribution in [0.4, 0.5) is 10.6 Å². The number of nitrogens with one attached hydrogen (secondary N) is 1. The topological polar surface area (TPSA) is 63.7 Å². The zero-order valence-corrected chi connectivity index (χ0v) is 9.42. The summed E-state index contributed by atoms with van der Waals surface area (Å²) in [7, 11) is 0. The third-order valence-corrected chi connectivity index (χ3v) is 2.81. The van der Waals surface area contributed by atoms with Gasteiger partial charge in [-0.3, -0.25) is 4.90 Å². The van der Waals surface area contributed by atoms with Crippen LogP contribution in [0.15, 0.2) is 18.3 Å². The molecule has 0 saturated carbocycles. The Kier molecular flexibility index (Phi) is 2.45. The van der Waals surface area contributed by atoms with E-state index in [1.807, 2.05) is 19.1 Å². The van der Waals surface area contributed by atoms with Crippen LogP contribution in [0, 0.1) is 0 Å². The van der Waals surface area contributed by atoms with Crippen molar-refractivity contribution < 1.29 is 14.3 Å². The number of anilines is 1. The summed E-state index contributed by atoms with van der Waals surface area (Å²) in [6.07, 6.45) is 1.16. The normalized spacial score (nSPS) is 27.8. The van der Waals surface area contributed by atoms with Crippen LogP contribution >= 0.6 is 0 Å². The summed E-state index contributed by atoms with van der Waals surface area (Å²) in [5.74, 6) is 0.629. The van der Waals surface area contributed by atoms with Crippen molar-refractivity contribution in [3.05, 3.63) is 23.9 Å². The van der Waals surface area contributed by atoms with E-state index < -0.39 is 0 Å². The van der Waals surface area contributed by atoms with Crippen LogP contribution in [0.25, 0.3) is 0 Å². The van der Waals surface area contributed by atoms with E-state index in [-0.39, 0.29) is 18.6 Å². The highest BCUT2D eigenvalue weighted by Crippen LogP contribution is 2.32. The number of amides is 2. The average Bonchev–Trinajstić information content (AvgIpc) is 2.71. The lowest BCUT2D eigenvalue weighted by molar-refractivity contribution is -0.382. The van der Waals surface area contributed by atoms with E-state index in [9.17, 15) is 4.79 Å². The van der Waals surface area contributed by atoms with Crippen LogP contribution in [0.1, 0.15) is 18.8 Å². The maximum atomic E-state index is 11.5. The largest absolute Gasteiger partial charge is 0.336 e. The minimum Gasteiger partial charge on any atom is -0.336 e. The van der Waals surface area contributed by atoms with Crippen LogP contribution in [-0.4, -0.2) is 30.4 Å². The number of aromatic nitrogens is 1. The maximum absolute atomic E-state index is 11.5. The van der Waals surface area contributed by atoms with E-state index >= 15 is 0 Å². The molecule has 0 bridgehead atoms. The van der Waals surface area contributed by atoms with E-state index in [2.05, 4.69) is 10.3 Å². The molecule has 1 N–H and O–H groups in total. The van der Waals surface area contributed by atoms with Crippen LogP contribution in [0.3, 0.4) is 0 Å². The van der Waals surface area contributed by atoms with Crippen LogP contribution < -0.4 is 10.2 Å². The number of rotatable bonds is 2. The first kappa shape index (κ1) is 10.5. The lowest BCUT2D eigenvalue weighted by Crippen LogP contribution is -2.32. The van der Waals surface area contributed by atoms with Crippen molar-refractivity contribution in [2.24, 2.45) is 0 Å². The number of ether oxygens (including phenoxy) is 2. The molecule has 6 nitrogen and oxygen atoms in total. The van der Waals surface area contributed by atoms with E-state index in [1.165, 1.54) is 0 Å². The van der Waals surface area contributed by atoms with Gasteiger partial charge in [0.2, 0.25) is 0 Å². The number of carbonyl (C=O) groups excluding carboxylic acids is 1. The zero-order valence-electron chi connectivity index (χ0n) is 9.42. The fraction of sp³-hybridized carbons (Fsp3) is 0.455. The molecule has 2 fully saturated rings. The molecule has 0 aliphatic carbocycles. The fourth-order valence-corrected chi connectivity index (χ4v) is 1.93. The molecule has 2 saturated heterocycles. The van der Waals surface area contributed by atoms with Gasteiger partial charge in [0.15, 0.2) is 12.6 Å². The predicted molar refractivity (Wildman–Crippen MR) is 59.4 cm³/mol. The summed E-state index contributed by atoms with van der Waals surface area (Å²) < 4.78 is 10.8. The van der Waals surface area contributed by atoms with Crippen LogP contribution in [-0.2, 0) is 9.47 Å². The molecule has 3 rings (SSSR count). The van der Waals surface area contributed by atoms with Crippen molar-refractivity contribution in [3.8, 4) is 0 Å². The molecule has 6 heteroatoms. The molecule has 2 aliphatic rings. The zero-order chi connectivity index (χ0) is 11.8. The predicted octanol–water partition coefficient (Wildman–Crippen LogP) is 1.00. The van der Waals surface area contributed by atoms with Crippen molar-refractivity contribution in [2.45, 2.75) is 19.5 Å². The van der Waals surface area contributed by atoms with Gasteiger partial charge >= 0.3 is 6.03 Å². The quantitative estimate of drug-likeness (QED) is 0.830. The van der Waals surface area contributed by atoms with Crippen LogP contribution in [0.2, 0.25) is 0 Å². The second kappa shape index (κ2) is 3.97. The first-order valence-electron chi connectivity index (χ1n) is 5.56. The molecule has 0 spiro atoms. The molecule has 2 aliphatic heterocycles. The van der Waals surface area contributed by atoms with Gasteiger partial charge in [-0.25, -0.2) is 9.78 Å². The summed E-state index contributed by atoms with van der Waals surface area (Å²) in [5.41, 5.74) is 0.882. The van der Waals surface area contributed by atoms with Crippen molar-refractivity contribution in [2.75, 3.05) is 18.0 Å². The molecule has 0 aromatic carbocycles. The Morgan fingerprint density at radius 1 is 1.53 bits per heavy atom. The van der Waals surface area contributed by atoms with Gasteiger partial charge in [-0.1, -0.05) is 0 Å². The summed E-state index contributed by atoms with van der Waals surface area (Å²) >= 11 is 0. The smallest absolute Gasteiger partial charge is 0.323 e. The lowest BCUT2D eigenvalue weighted by Gasteiger charge is -2.34. The number of pyridine rings is 1. The summed E-state index contributed by atoms with van der Waals surface area (Å²) in [6.45, 7) is 3.13. The molecule has 2 amide bonds. The molecule has 17 heavy (non-hydrogen) atoms. The maximum Gasteiger partial charge on any atom is 0.323 e. The monoisotopic (exact) mass is 235 g/mol. The first-order valence-corrected chi connectivity index (χ1v) is 5.56. The highest BCUT2D eigenvalue weighted by Gasteiger charge is 2.30. The standard InChI is InChI=1S/C11H13N3O3/c1-7-16-10(17-7)8-2-3-12-9(6-8)14-5-4-13-11(14)15/h2-3,6-7,10H,4-5H2,1H3,(H,13,15). The van der Waals surface area contributed by atoms with Gasteiger partial charge in [0.1, 0.15) is 5.82 Å². The van der Waals surface area contributed by atoms with Crippen LogP contribution in [0.5, 0.6) is 0 Å². The molecule has 1 aromatic heterocycles. The minimum atomic E-state index is -0.336. The molecule has 90 valence electrons. The van der Waals surface area contributed by atoms with Gasteiger partial charge in [-0.2, -0.15) is 0 Å². The molecular formula is C11H13N3O3. The fourth-order valence-electron chi connectivity index (χ4n) is 1.93. The number of urea groups is 1. The highest BCUT2D eigenvalue weighted by molar-refractivity contribution is 5.93. The molecule has 0 unspecified atom stereocenters. The molecular weight excluding hydrogens is 222 g/mol. The second-order valence-electron chi connectivity index (χ2n) is 4.00. The van der Waals surface area contributed by atoms with Gasteiger partial charge in [-0.15, -0.1) is 0 Å². The molecule has 1 aromatic rings. The van der Waals surface area contributed by atoms with Gasteiger partial charge in [0.05, 0.1) is 0 Å². The Morgan fingerprint density at radius 2 is 2.35 bits per heavy atom. The van der Waals surface area contributed by atoms with E-state index in [0.29, 0.717) is 18.9 Å².